The minimum atomic E-state index is 0.0415. The minimum Gasteiger partial charge on any atom is -0.464 e. The third-order valence-electron chi connectivity index (χ3n) is 3.69. The molecule has 2 heterocycles. The molecule has 0 aliphatic heterocycles. The van der Waals surface area contributed by atoms with Crippen molar-refractivity contribution in [2.45, 2.75) is 32.9 Å². The number of aromatic nitrogens is 1. The topological polar surface area (TPSA) is 46.3 Å². The smallest absolute Gasteiger partial charge is 0.197 e. The van der Waals surface area contributed by atoms with E-state index in [9.17, 15) is 4.79 Å². The molecule has 3 aromatic rings. The maximum absolute atomic E-state index is 12.5. The lowest BCUT2D eigenvalue weighted by atomic mass is 10.1. The highest BCUT2D eigenvalue weighted by Crippen LogP contribution is 2.20. The fourth-order valence-electron chi connectivity index (χ4n) is 2.51. The van der Waals surface area contributed by atoms with Crippen molar-refractivity contribution in [3.8, 4) is 0 Å². The number of rotatable bonds is 5. The molecule has 0 unspecified atom stereocenters. The lowest BCUT2D eigenvalue weighted by Crippen LogP contribution is -2.22. The SMILES string of the molecule is CC(C)c1nc(CN(C)Cc2coc3ccccc3c2=O)cs1. The highest BCUT2D eigenvalue weighted by atomic mass is 32.1. The molecule has 0 aliphatic carbocycles. The molecule has 23 heavy (non-hydrogen) atoms. The number of thiazole rings is 1. The Labute approximate surface area is 139 Å². The summed E-state index contributed by atoms with van der Waals surface area (Å²) < 4.78 is 5.57. The van der Waals surface area contributed by atoms with Gasteiger partial charge < -0.3 is 4.42 Å². The molecule has 3 rings (SSSR count). The van der Waals surface area contributed by atoms with E-state index in [1.807, 2.05) is 25.2 Å². The van der Waals surface area contributed by atoms with Gasteiger partial charge >= 0.3 is 0 Å². The molecule has 0 aliphatic rings. The van der Waals surface area contributed by atoms with E-state index in [0.29, 0.717) is 29.0 Å². The van der Waals surface area contributed by atoms with E-state index >= 15 is 0 Å². The Kier molecular flexibility index (Phi) is 4.59. The van der Waals surface area contributed by atoms with E-state index < -0.39 is 0 Å². The van der Waals surface area contributed by atoms with Crippen molar-refractivity contribution in [3.05, 3.63) is 62.4 Å². The van der Waals surface area contributed by atoms with Crippen LogP contribution in [-0.2, 0) is 13.1 Å². The van der Waals surface area contributed by atoms with Crippen molar-refractivity contribution in [1.29, 1.82) is 0 Å². The van der Waals surface area contributed by atoms with Crippen molar-refractivity contribution < 1.29 is 4.42 Å². The fourth-order valence-corrected chi connectivity index (χ4v) is 3.34. The summed E-state index contributed by atoms with van der Waals surface area (Å²) in [6, 6.07) is 7.34. The van der Waals surface area contributed by atoms with Crippen LogP contribution in [0.5, 0.6) is 0 Å². The molecular weight excluding hydrogens is 308 g/mol. The zero-order valence-electron chi connectivity index (χ0n) is 13.6. The molecule has 5 heteroatoms. The second-order valence-electron chi connectivity index (χ2n) is 6.09. The molecule has 0 spiro atoms. The summed E-state index contributed by atoms with van der Waals surface area (Å²) in [5.41, 5.74) is 2.39. The third kappa shape index (κ3) is 3.51. The summed E-state index contributed by atoms with van der Waals surface area (Å²) in [6.45, 7) is 5.55. The molecule has 120 valence electrons. The van der Waals surface area contributed by atoms with Crippen molar-refractivity contribution >= 4 is 22.3 Å². The first-order valence-electron chi connectivity index (χ1n) is 7.67. The molecule has 0 fully saturated rings. The quantitative estimate of drug-likeness (QED) is 0.710. The summed E-state index contributed by atoms with van der Waals surface area (Å²) in [7, 11) is 1.99. The van der Waals surface area contributed by atoms with Gasteiger partial charge in [0.05, 0.1) is 22.4 Å². The normalized spacial score (nSPS) is 11.7. The van der Waals surface area contributed by atoms with Crippen LogP contribution in [0.15, 0.2) is 45.1 Å². The van der Waals surface area contributed by atoms with Crippen LogP contribution in [0.2, 0.25) is 0 Å². The van der Waals surface area contributed by atoms with Crippen LogP contribution in [0.3, 0.4) is 0 Å². The van der Waals surface area contributed by atoms with Gasteiger partial charge in [-0.1, -0.05) is 26.0 Å². The first-order chi connectivity index (χ1) is 11.0. The number of hydrogen-bond donors (Lipinski definition) is 0. The lowest BCUT2D eigenvalue weighted by Gasteiger charge is -2.14. The molecule has 1 aromatic carbocycles. The Balaban J connectivity index is 1.76. The van der Waals surface area contributed by atoms with Crippen LogP contribution in [0.4, 0.5) is 0 Å². The summed E-state index contributed by atoms with van der Waals surface area (Å²) in [4.78, 5) is 19.2. The predicted molar refractivity (Wildman–Crippen MR) is 93.9 cm³/mol. The summed E-state index contributed by atoms with van der Waals surface area (Å²) in [5, 5.41) is 3.88. The van der Waals surface area contributed by atoms with Gasteiger partial charge in [0.1, 0.15) is 5.58 Å². The van der Waals surface area contributed by atoms with Gasteiger partial charge in [-0.05, 0) is 19.2 Å². The largest absolute Gasteiger partial charge is 0.464 e. The van der Waals surface area contributed by atoms with Gasteiger partial charge in [0.25, 0.3) is 0 Å². The van der Waals surface area contributed by atoms with Crippen molar-refractivity contribution in [2.24, 2.45) is 0 Å². The third-order valence-corrected chi connectivity index (χ3v) is 4.88. The van der Waals surface area contributed by atoms with Gasteiger partial charge in [-0.3, -0.25) is 9.69 Å². The molecule has 0 N–H and O–H groups in total. The number of fused-ring (bicyclic) bond motifs is 1. The van der Waals surface area contributed by atoms with Gasteiger partial charge in [0, 0.05) is 30.0 Å². The zero-order chi connectivity index (χ0) is 16.4. The summed E-state index contributed by atoms with van der Waals surface area (Å²) in [6.07, 6.45) is 1.57. The Morgan fingerprint density at radius 1 is 1.26 bits per heavy atom. The maximum Gasteiger partial charge on any atom is 0.197 e. The van der Waals surface area contributed by atoms with Crippen LogP contribution in [0.25, 0.3) is 11.0 Å². The molecule has 0 amide bonds. The van der Waals surface area contributed by atoms with E-state index in [2.05, 4.69) is 29.1 Å². The Morgan fingerprint density at radius 3 is 2.78 bits per heavy atom. The van der Waals surface area contributed by atoms with Crippen molar-refractivity contribution in [2.75, 3.05) is 7.05 Å². The molecule has 0 radical (unpaired) electrons. The molecular formula is C18H20N2O2S. The van der Waals surface area contributed by atoms with Crippen LogP contribution in [0, 0.1) is 0 Å². The van der Waals surface area contributed by atoms with Crippen LogP contribution in [0.1, 0.15) is 36.0 Å². The van der Waals surface area contributed by atoms with E-state index in [1.54, 1.807) is 23.7 Å². The molecule has 0 atom stereocenters. The van der Waals surface area contributed by atoms with Gasteiger partial charge in [0.15, 0.2) is 5.43 Å². The van der Waals surface area contributed by atoms with Crippen molar-refractivity contribution in [3.63, 3.8) is 0 Å². The Hall–Kier alpha value is -1.98. The van der Waals surface area contributed by atoms with Crippen LogP contribution in [-0.4, -0.2) is 16.9 Å². The predicted octanol–water partition coefficient (Wildman–Crippen LogP) is 4.00. The fraction of sp³-hybridized carbons (Fsp3) is 0.333. The highest BCUT2D eigenvalue weighted by molar-refractivity contribution is 7.09. The van der Waals surface area contributed by atoms with Gasteiger partial charge in [-0.2, -0.15) is 0 Å². The van der Waals surface area contributed by atoms with Gasteiger partial charge in [-0.15, -0.1) is 11.3 Å². The maximum atomic E-state index is 12.5. The average Bonchev–Trinajstić information content (AvgIpc) is 2.99. The average molecular weight is 328 g/mol. The number of nitrogens with zero attached hydrogens (tertiary/aromatic N) is 2. The number of para-hydroxylation sites is 1. The van der Waals surface area contributed by atoms with Crippen molar-refractivity contribution in [1.82, 2.24) is 9.88 Å². The Morgan fingerprint density at radius 2 is 2.04 bits per heavy atom. The lowest BCUT2D eigenvalue weighted by molar-refractivity contribution is 0.312. The van der Waals surface area contributed by atoms with Gasteiger partial charge in [-0.25, -0.2) is 4.98 Å². The van der Waals surface area contributed by atoms with Crippen LogP contribution < -0.4 is 5.43 Å². The minimum absolute atomic E-state index is 0.0415. The van der Waals surface area contributed by atoms with E-state index in [0.717, 1.165) is 17.2 Å². The molecule has 2 aromatic heterocycles. The first kappa shape index (κ1) is 15.9. The molecule has 4 nitrogen and oxygen atoms in total. The second-order valence-corrected chi connectivity index (χ2v) is 6.98. The monoisotopic (exact) mass is 328 g/mol. The van der Waals surface area contributed by atoms with E-state index in [4.69, 9.17) is 4.42 Å². The number of hydrogen-bond acceptors (Lipinski definition) is 5. The Bertz CT molecular complexity index is 867. The first-order valence-corrected chi connectivity index (χ1v) is 8.55. The summed E-state index contributed by atoms with van der Waals surface area (Å²) >= 11 is 1.69. The summed E-state index contributed by atoms with van der Waals surface area (Å²) in [5.74, 6) is 0.451. The van der Waals surface area contributed by atoms with Crippen LogP contribution >= 0.6 is 11.3 Å². The second kappa shape index (κ2) is 6.64. The van der Waals surface area contributed by atoms with Gasteiger partial charge in [0.2, 0.25) is 0 Å². The van der Waals surface area contributed by atoms with E-state index in [1.165, 1.54) is 0 Å². The molecule has 0 bridgehead atoms. The molecule has 0 saturated heterocycles. The zero-order valence-corrected chi connectivity index (χ0v) is 14.4. The number of benzene rings is 1. The highest BCUT2D eigenvalue weighted by Gasteiger charge is 2.11. The molecule has 0 saturated carbocycles. The standard InChI is InChI=1S/C18H20N2O2S/c1-12(2)18-19-14(11-23-18)9-20(3)8-13-10-22-16-7-5-4-6-15(16)17(13)21/h4-7,10-12H,8-9H2,1-3H3. The van der Waals surface area contributed by atoms with E-state index in [-0.39, 0.29) is 5.43 Å².